The topological polar surface area (TPSA) is 0 Å². The summed E-state index contributed by atoms with van der Waals surface area (Å²) >= 11 is 0. The van der Waals surface area contributed by atoms with Gasteiger partial charge in [-0.3, -0.25) is 0 Å². The van der Waals surface area contributed by atoms with Crippen LogP contribution in [0.4, 0.5) is 0 Å². The van der Waals surface area contributed by atoms with Crippen LogP contribution in [0.2, 0.25) is 0 Å². The van der Waals surface area contributed by atoms with Crippen molar-refractivity contribution in [3.63, 3.8) is 0 Å². The Morgan fingerprint density at radius 1 is 0.429 bits per heavy atom. The van der Waals surface area contributed by atoms with Crippen molar-refractivity contribution < 1.29 is 0 Å². The van der Waals surface area contributed by atoms with E-state index in [1.54, 1.807) is 0 Å². The van der Waals surface area contributed by atoms with Gasteiger partial charge in [0, 0.05) is 0 Å². The first kappa shape index (κ1) is 22.2. The molecule has 0 radical (unpaired) electrons. The molecule has 0 aromatic heterocycles. The molecule has 3 saturated carbocycles. The third kappa shape index (κ3) is 7.38. The second-order valence-corrected chi connectivity index (χ2v) is 10.6. The van der Waals surface area contributed by atoms with Crippen molar-refractivity contribution in [2.75, 3.05) is 0 Å². The smallest absolute Gasteiger partial charge is 0.0233 e. The Balaban J connectivity index is 1.30. The van der Waals surface area contributed by atoms with Crippen molar-refractivity contribution in [3.8, 4) is 0 Å². The Morgan fingerprint density at radius 3 is 0.929 bits per heavy atom. The molecule has 3 fully saturated rings. The molecular formula is C28H48. The highest BCUT2D eigenvalue weighted by atomic mass is 14.3. The molecule has 0 nitrogen and oxygen atoms in total. The monoisotopic (exact) mass is 384 g/mol. The van der Waals surface area contributed by atoms with Gasteiger partial charge in [-0.25, -0.2) is 0 Å². The predicted octanol–water partition coefficient (Wildman–Crippen LogP) is 9.12. The van der Waals surface area contributed by atoms with Crippen LogP contribution in [0.5, 0.6) is 0 Å². The summed E-state index contributed by atoms with van der Waals surface area (Å²) in [6.45, 7) is 4.69. The van der Waals surface area contributed by atoms with E-state index in [0.717, 1.165) is 35.5 Å². The SMILES string of the molecule is CCCC1CCC(C=CC2CCC(C=CC3CCC(CCC)CC3)CC2)CC1. The van der Waals surface area contributed by atoms with Crippen molar-refractivity contribution in [2.24, 2.45) is 35.5 Å². The van der Waals surface area contributed by atoms with Gasteiger partial charge in [0.05, 0.1) is 0 Å². The summed E-state index contributed by atoms with van der Waals surface area (Å²) in [4.78, 5) is 0. The van der Waals surface area contributed by atoms with Gasteiger partial charge < -0.3 is 0 Å². The Labute approximate surface area is 176 Å². The van der Waals surface area contributed by atoms with Crippen molar-refractivity contribution in [2.45, 2.75) is 117 Å². The van der Waals surface area contributed by atoms with Crippen molar-refractivity contribution >= 4 is 0 Å². The lowest BCUT2D eigenvalue weighted by Crippen LogP contribution is -2.15. The molecule has 0 aromatic carbocycles. The maximum absolute atomic E-state index is 2.62. The van der Waals surface area contributed by atoms with E-state index >= 15 is 0 Å². The van der Waals surface area contributed by atoms with Gasteiger partial charge in [-0.05, 0) is 113 Å². The minimum atomic E-state index is 0.877. The molecule has 160 valence electrons. The van der Waals surface area contributed by atoms with Crippen molar-refractivity contribution in [1.82, 2.24) is 0 Å². The first-order valence-electron chi connectivity index (χ1n) is 13.1. The highest BCUT2D eigenvalue weighted by Crippen LogP contribution is 2.36. The lowest BCUT2D eigenvalue weighted by Gasteiger charge is -2.29. The molecule has 0 spiro atoms. The van der Waals surface area contributed by atoms with E-state index in [4.69, 9.17) is 0 Å². The lowest BCUT2D eigenvalue weighted by molar-refractivity contribution is 0.290. The second kappa shape index (κ2) is 12.2. The van der Waals surface area contributed by atoms with Crippen LogP contribution in [0.25, 0.3) is 0 Å². The van der Waals surface area contributed by atoms with Crippen LogP contribution in [-0.4, -0.2) is 0 Å². The number of hydrogen-bond donors (Lipinski definition) is 0. The molecule has 0 aromatic rings. The Bertz CT molecular complexity index is 404. The Kier molecular flexibility index (Phi) is 9.69. The van der Waals surface area contributed by atoms with E-state index in [0.29, 0.717) is 0 Å². The van der Waals surface area contributed by atoms with Crippen LogP contribution in [-0.2, 0) is 0 Å². The lowest BCUT2D eigenvalue weighted by atomic mass is 9.77. The molecule has 0 bridgehead atoms. The first-order chi connectivity index (χ1) is 13.8. The van der Waals surface area contributed by atoms with E-state index in [-0.39, 0.29) is 0 Å². The van der Waals surface area contributed by atoms with Crippen LogP contribution >= 0.6 is 0 Å². The molecule has 0 heteroatoms. The molecule has 0 N–H and O–H groups in total. The fraction of sp³-hybridized carbons (Fsp3) is 0.857. The Hall–Kier alpha value is -0.520. The van der Waals surface area contributed by atoms with Gasteiger partial charge >= 0.3 is 0 Å². The van der Waals surface area contributed by atoms with Crippen LogP contribution in [0.1, 0.15) is 117 Å². The zero-order chi connectivity index (χ0) is 19.6. The predicted molar refractivity (Wildman–Crippen MR) is 124 cm³/mol. The molecule has 3 aliphatic rings. The summed E-state index contributed by atoms with van der Waals surface area (Å²) in [5.74, 6) is 5.63. The molecule has 0 heterocycles. The molecule has 0 aliphatic heterocycles. The van der Waals surface area contributed by atoms with Gasteiger partial charge in [-0.2, -0.15) is 0 Å². The van der Waals surface area contributed by atoms with Crippen LogP contribution in [0.15, 0.2) is 24.3 Å². The average molecular weight is 385 g/mol. The maximum Gasteiger partial charge on any atom is -0.0233 e. The average Bonchev–Trinajstić information content (AvgIpc) is 2.74. The highest BCUT2D eigenvalue weighted by Gasteiger charge is 2.22. The van der Waals surface area contributed by atoms with Gasteiger partial charge in [0.2, 0.25) is 0 Å². The molecule has 0 amide bonds. The van der Waals surface area contributed by atoms with Gasteiger partial charge in [0.1, 0.15) is 0 Å². The van der Waals surface area contributed by atoms with Gasteiger partial charge in [-0.15, -0.1) is 0 Å². The van der Waals surface area contributed by atoms with Crippen LogP contribution in [0, 0.1) is 35.5 Å². The van der Waals surface area contributed by atoms with E-state index in [2.05, 4.69) is 38.2 Å². The van der Waals surface area contributed by atoms with Crippen molar-refractivity contribution in [1.29, 1.82) is 0 Å². The Morgan fingerprint density at radius 2 is 0.679 bits per heavy atom. The summed E-state index contributed by atoms with van der Waals surface area (Å²) in [6.07, 6.45) is 33.7. The highest BCUT2D eigenvalue weighted by molar-refractivity contribution is 5.00. The first-order valence-corrected chi connectivity index (χ1v) is 13.1. The fourth-order valence-corrected chi connectivity index (χ4v) is 6.31. The second-order valence-electron chi connectivity index (χ2n) is 10.6. The molecule has 0 atom stereocenters. The maximum atomic E-state index is 2.62. The van der Waals surface area contributed by atoms with Crippen LogP contribution < -0.4 is 0 Å². The summed E-state index contributed by atoms with van der Waals surface area (Å²) in [6, 6.07) is 0. The third-order valence-corrected chi connectivity index (χ3v) is 8.30. The van der Waals surface area contributed by atoms with E-state index in [1.165, 1.54) is 103 Å². The summed E-state index contributed by atoms with van der Waals surface area (Å²) in [5, 5.41) is 0. The molecule has 3 rings (SSSR count). The van der Waals surface area contributed by atoms with E-state index in [9.17, 15) is 0 Å². The summed E-state index contributed by atoms with van der Waals surface area (Å²) in [5.41, 5.74) is 0. The molecule has 0 unspecified atom stereocenters. The standard InChI is InChI=1S/C28H48/c1-3-5-23-7-11-25(12-8-23)15-17-27-19-21-28(22-20-27)18-16-26-13-9-24(6-4-2)10-14-26/h15-18,23-28H,3-14,19-22H2,1-2H3. The van der Waals surface area contributed by atoms with Gasteiger partial charge in [-0.1, -0.05) is 63.8 Å². The summed E-state index contributed by atoms with van der Waals surface area (Å²) < 4.78 is 0. The minimum Gasteiger partial charge on any atom is -0.0851 e. The van der Waals surface area contributed by atoms with E-state index < -0.39 is 0 Å². The zero-order valence-electron chi connectivity index (χ0n) is 19.1. The van der Waals surface area contributed by atoms with Crippen LogP contribution in [0.3, 0.4) is 0 Å². The van der Waals surface area contributed by atoms with Crippen molar-refractivity contribution in [3.05, 3.63) is 24.3 Å². The zero-order valence-corrected chi connectivity index (χ0v) is 19.1. The number of rotatable bonds is 8. The molecule has 3 aliphatic carbocycles. The molecule has 0 saturated heterocycles. The van der Waals surface area contributed by atoms with E-state index in [1.807, 2.05) is 0 Å². The summed E-state index contributed by atoms with van der Waals surface area (Å²) in [7, 11) is 0. The third-order valence-electron chi connectivity index (χ3n) is 8.30. The van der Waals surface area contributed by atoms with Gasteiger partial charge in [0.25, 0.3) is 0 Å². The minimum absolute atomic E-state index is 0.877. The van der Waals surface area contributed by atoms with Gasteiger partial charge in [0.15, 0.2) is 0 Å². The molecular weight excluding hydrogens is 336 g/mol. The quantitative estimate of drug-likeness (QED) is 0.366. The number of allylic oxidation sites excluding steroid dienone is 4. The molecule has 28 heavy (non-hydrogen) atoms. The largest absolute Gasteiger partial charge is 0.0851 e. The number of hydrogen-bond acceptors (Lipinski definition) is 0. The normalized spacial score (nSPS) is 37.6. The fourth-order valence-electron chi connectivity index (χ4n) is 6.31.